The van der Waals surface area contributed by atoms with Crippen LogP contribution in [-0.4, -0.2) is 10.9 Å². The van der Waals surface area contributed by atoms with E-state index in [-0.39, 0.29) is 12.2 Å². The summed E-state index contributed by atoms with van der Waals surface area (Å²) in [4.78, 5) is 10.7. The third-order valence-corrected chi connectivity index (χ3v) is 2.10. The highest BCUT2D eigenvalue weighted by Gasteiger charge is 2.30. The molecule has 0 aliphatic heterocycles. The van der Waals surface area contributed by atoms with Gasteiger partial charge in [0.25, 0.3) is 0 Å². The van der Waals surface area contributed by atoms with E-state index in [4.69, 9.17) is 0 Å². The second-order valence-electron chi connectivity index (χ2n) is 3.54. The van der Waals surface area contributed by atoms with Crippen LogP contribution in [0.2, 0.25) is 0 Å². The molecular formula is C11H11F3O2. The van der Waals surface area contributed by atoms with Crippen molar-refractivity contribution in [1.29, 1.82) is 0 Å². The number of aliphatic hydroxyl groups excluding tert-OH is 1. The molecule has 0 unspecified atom stereocenters. The smallest absolute Gasteiger partial charge is 0.388 e. The average molecular weight is 232 g/mol. The molecule has 0 radical (unpaired) electrons. The molecular weight excluding hydrogens is 221 g/mol. The minimum absolute atomic E-state index is 0.0919. The van der Waals surface area contributed by atoms with Crippen molar-refractivity contribution in [3.8, 4) is 0 Å². The third-order valence-electron chi connectivity index (χ3n) is 2.10. The number of hydrogen-bond donors (Lipinski definition) is 1. The molecule has 1 aromatic carbocycles. The second-order valence-corrected chi connectivity index (χ2v) is 3.54. The summed E-state index contributed by atoms with van der Waals surface area (Å²) in [6.45, 7) is 1.31. The minimum atomic E-state index is -4.38. The predicted octanol–water partition coefficient (Wildman–Crippen LogP) is 2.72. The molecule has 0 saturated heterocycles. The molecule has 1 atom stereocenters. The van der Waals surface area contributed by atoms with Gasteiger partial charge in [0.15, 0.2) is 0 Å². The van der Waals surface area contributed by atoms with Crippen molar-refractivity contribution in [2.24, 2.45) is 0 Å². The lowest BCUT2D eigenvalue weighted by Gasteiger charge is -2.11. The number of benzene rings is 1. The van der Waals surface area contributed by atoms with Gasteiger partial charge in [-0.3, -0.25) is 4.79 Å². The quantitative estimate of drug-likeness (QED) is 0.869. The first-order valence-electron chi connectivity index (χ1n) is 4.65. The molecule has 0 heterocycles. The SMILES string of the molecule is CC(=O)C[C@@H](O)c1ccc(C(F)(F)F)cc1. The molecule has 16 heavy (non-hydrogen) atoms. The van der Waals surface area contributed by atoms with E-state index in [0.717, 1.165) is 12.1 Å². The Morgan fingerprint density at radius 2 is 1.81 bits per heavy atom. The van der Waals surface area contributed by atoms with Crippen molar-refractivity contribution in [2.45, 2.75) is 25.6 Å². The maximum absolute atomic E-state index is 12.2. The Bertz CT molecular complexity index is 368. The van der Waals surface area contributed by atoms with Crippen LogP contribution in [0.1, 0.15) is 30.6 Å². The Morgan fingerprint density at radius 3 is 2.19 bits per heavy atom. The van der Waals surface area contributed by atoms with Gasteiger partial charge in [-0.1, -0.05) is 12.1 Å². The normalized spacial score (nSPS) is 13.6. The molecule has 0 bridgehead atoms. The molecule has 1 rings (SSSR count). The first-order valence-corrected chi connectivity index (χ1v) is 4.65. The zero-order valence-corrected chi connectivity index (χ0v) is 8.58. The molecule has 1 aromatic rings. The van der Waals surface area contributed by atoms with Gasteiger partial charge in [0, 0.05) is 6.42 Å². The molecule has 0 amide bonds. The van der Waals surface area contributed by atoms with Gasteiger partial charge in [0.05, 0.1) is 11.7 Å². The van der Waals surface area contributed by atoms with Crippen LogP contribution in [0.3, 0.4) is 0 Å². The Balaban J connectivity index is 2.83. The molecule has 0 spiro atoms. The number of carbonyl (C=O) groups is 1. The van der Waals surface area contributed by atoms with E-state index in [1.54, 1.807) is 0 Å². The van der Waals surface area contributed by atoms with Crippen LogP contribution in [0.4, 0.5) is 13.2 Å². The van der Waals surface area contributed by atoms with Crippen LogP contribution in [0.15, 0.2) is 24.3 Å². The summed E-state index contributed by atoms with van der Waals surface area (Å²) in [5, 5.41) is 9.48. The number of hydrogen-bond acceptors (Lipinski definition) is 2. The number of alkyl halides is 3. The minimum Gasteiger partial charge on any atom is -0.388 e. The maximum Gasteiger partial charge on any atom is 0.416 e. The first-order chi connectivity index (χ1) is 7.30. The fourth-order valence-electron chi connectivity index (χ4n) is 1.28. The summed E-state index contributed by atoms with van der Waals surface area (Å²) in [6.07, 6.45) is -5.52. The summed E-state index contributed by atoms with van der Waals surface area (Å²) in [5.41, 5.74) is -0.463. The number of carbonyl (C=O) groups excluding carboxylic acids is 1. The summed E-state index contributed by atoms with van der Waals surface area (Å²) < 4.78 is 36.6. The van der Waals surface area contributed by atoms with Crippen molar-refractivity contribution >= 4 is 5.78 Å². The zero-order chi connectivity index (χ0) is 12.3. The van der Waals surface area contributed by atoms with Crippen molar-refractivity contribution in [1.82, 2.24) is 0 Å². The van der Waals surface area contributed by atoms with E-state index in [1.807, 2.05) is 0 Å². The van der Waals surface area contributed by atoms with Gasteiger partial charge < -0.3 is 5.11 Å². The number of rotatable bonds is 3. The van der Waals surface area contributed by atoms with Crippen molar-refractivity contribution in [3.63, 3.8) is 0 Å². The van der Waals surface area contributed by atoms with E-state index in [1.165, 1.54) is 19.1 Å². The molecule has 1 N–H and O–H groups in total. The lowest BCUT2D eigenvalue weighted by molar-refractivity contribution is -0.137. The van der Waals surface area contributed by atoms with Crippen molar-refractivity contribution < 1.29 is 23.1 Å². The van der Waals surface area contributed by atoms with Gasteiger partial charge in [0.1, 0.15) is 5.78 Å². The van der Waals surface area contributed by atoms with Gasteiger partial charge >= 0.3 is 6.18 Å². The number of Topliss-reactive ketones (excluding diaryl/α,β-unsaturated/α-hetero) is 1. The zero-order valence-electron chi connectivity index (χ0n) is 8.58. The second kappa shape index (κ2) is 4.65. The summed E-state index contributed by atoms with van der Waals surface area (Å²) >= 11 is 0. The van der Waals surface area contributed by atoms with Gasteiger partial charge in [-0.2, -0.15) is 13.2 Å². The van der Waals surface area contributed by atoms with Crippen LogP contribution in [0.5, 0.6) is 0 Å². The molecule has 0 aliphatic rings. The molecule has 2 nitrogen and oxygen atoms in total. The standard InChI is InChI=1S/C11H11F3O2/c1-7(15)6-10(16)8-2-4-9(5-3-8)11(12,13)14/h2-5,10,16H,6H2,1H3/t10-/m1/s1. The molecule has 0 aromatic heterocycles. The largest absolute Gasteiger partial charge is 0.416 e. The Kier molecular flexibility index (Phi) is 3.70. The summed E-state index contributed by atoms with van der Waals surface area (Å²) in [7, 11) is 0. The van der Waals surface area contributed by atoms with E-state index < -0.39 is 17.8 Å². The van der Waals surface area contributed by atoms with Gasteiger partial charge in [-0.25, -0.2) is 0 Å². The predicted molar refractivity (Wildman–Crippen MR) is 51.7 cm³/mol. The van der Waals surface area contributed by atoms with Crippen LogP contribution in [0, 0.1) is 0 Å². The van der Waals surface area contributed by atoms with E-state index in [2.05, 4.69) is 0 Å². The molecule has 0 saturated carbocycles. The van der Waals surface area contributed by atoms with Crippen molar-refractivity contribution in [2.75, 3.05) is 0 Å². The van der Waals surface area contributed by atoms with Crippen LogP contribution < -0.4 is 0 Å². The highest BCUT2D eigenvalue weighted by Crippen LogP contribution is 2.30. The van der Waals surface area contributed by atoms with Crippen LogP contribution in [0.25, 0.3) is 0 Å². The van der Waals surface area contributed by atoms with E-state index >= 15 is 0 Å². The molecule has 5 heteroatoms. The van der Waals surface area contributed by atoms with Gasteiger partial charge in [-0.05, 0) is 24.6 Å². The fraction of sp³-hybridized carbons (Fsp3) is 0.364. The lowest BCUT2D eigenvalue weighted by atomic mass is 10.0. The topological polar surface area (TPSA) is 37.3 Å². The van der Waals surface area contributed by atoms with Gasteiger partial charge in [0.2, 0.25) is 0 Å². The van der Waals surface area contributed by atoms with E-state index in [0.29, 0.717) is 5.56 Å². The number of ketones is 1. The monoisotopic (exact) mass is 232 g/mol. The Morgan fingerprint density at radius 1 is 1.31 bits per heavy atom. The van der Waals surface area contributed by atoms with Crippen LogP contribution in [-0.2, 0) is 11.0 Å². The number of halogens is 3. The molecule has 0 fully saturated rings. The Labute approximate surface area is 90.7 Å². The summed E-state index contributed by atoms with van der Waals surface area (Å²) in [6, 6.07) is 4.13. The average Bonchev–Trinajstić information content (AvgIpc) is 2.15. The number of aliphatic hydroxyl groups is 1. The Hall–Kier alpha value is -1.36. The van der Waals surface area contributed by atoms with Crippen molar-refractivity contribution in [3.05, 3.63) is 35.4 Å². The lowest BCUT2D eigenvalue weighted by Crippen LogP contribution is -2.07. The molecule has 0 aliphatic carbocycles. The highest BCUT2D eigenvalue weighted by molar-refractivity contribution is 5.76. The molecule has 88 valence electrons. The highest BCUT2D eigenvalue weighted by atomic mass is 19.4. The van der Waals surface area contributed by atoms with Crippen LogP contribution >= 0.6 is 0 Å². The third kappa shape index (κ3) is 3.34. The maximum atomic E-state index is 12.2. The summed E-state index contributed by atoms with van der Waals surface area (Å²) in [5.74, 6) is -0.215. The van der Waals surface area contributed by atoms with Gasteiger partial charge in [-0.15, -0.1) is 0 Å². The fourth-order valence-corrected chi connectivity index (χ4v) is 1.28. The first kappa shape index (κ1) is 12.7. The van der Waals surface area contributed by atoms with E-state index in [9.17, 15) is 23.1 Å².